The lowest BCUT2D eigenvalue weighted by molar-refractivity contribution is -0.118. The molecular formula is C23H29F2NO2S. The van der Waals surface area contributed by atoms with E-state index in [1.54, 1.807) is 19.9 Å². The van der Waals surface area contributed by atoms with Gasteiger partial charge in [0.2, 0.25) is 5.91 Å². The van der Waals surface area contributed by atoms with Crippen molar-refractivity contribution >= 4 is 17.9 Å². The molecule has 0 aromatic heterocycles. The van der Waals surface area contributed by atoms with Crippen molar-refractivity contribution in [3.63, 3.8) is 0 Å². The largest absolute Gasteiger partial charge is 0.386 e. The van der Waals surface area contributed by atoms with Crippen LogP contribution >= 0.6 is 11.9 Å². The van der Waals surface area contributed by atoms with Gasteiger partial charge in [-0.1, -0.05) is 33.8 Å². The molecular weight excluding hydrogens is 392 g/mol. The van der Waals surface area contributed by atoms with Crippen LogP contribution in [0, 0.1) is 11.6 Å². The summed E-state index contributed by atoms with van der Waals surface area (Å²) in [6.45, 7) is 11.0. The highest BCUT2D eigenvalue weighted by Crippen LogP contribution is 2.30. The summed E-state index contributed by atoms with van der Waals surface area (Å²) in [6, 6.07) is 7.40. The Balaban J connectivity index is 2.18. The van der Waals surface area contributed by atoms with Crippen molar-refractivity contribution in [3.05, 3.63) is 64.2 Å². The third-order valence-corrected chi connectivity index (χ3v) is 5.66. The monoisotopic (exact) mass is 421 g/mol. The van der Waals surface area contributed by atoms with Crippen LogP contribution in [0.2, 0.25) is 0 Å². The lowest BCUT2D eigenvalue weighted by Gasteiger charge is -2.20. The molecule has 158 valence electrons. The van der Waals surface area contributed by atoms with Crippen molar-refractivity contribution in [2.24, 2.45) is 0 Å². The Morgan fingerprint density at radius 2 is 1.62 bits per heavy atom. The third kappa shape index (κ3) is 6.03. The standard InChI is InChI=1S/C23H29F2NO2S/c1-13(2)17-10-16(24)11-18(14(3)4)19(17)12-22(27)26-29-21-8-7-15(9-20(21)25)23(5,6)28/h7-11,13-14,28H,12H2,1-6H3,(H,26,27). The first kappa shape index (κ1) is 23.4. The van der Waals surface area contributed by atoms with Crippen LogP contribution in [0.3, 0.4) is 0 Å². The van der Waals surface area contributed by atoms with Crippen molar-refractivity contribution < 1.29 is 18.7 Å². The van der Waals surface area contributed by atoms with Crippen LogP contribution in [0.15, 0.2) is 35.2 Å². The SMILES string of the molecule is CC(C)c1cc(F)cc(C(C)C)c1CC(=O)NSc1ccc(C(C)(C)O)cc1F. The van der Waals surface area contributed by atoms with E-state index in [1.807, 2.05) is 27.7 Å². The predicted octanol–water partition coefficient (Wildman–Crippen LogP) is 5.81. The van der Waals surface area contributed by atoms with Gasteiger partial charge in [0.05, 0.1) is 16.9 Å². The molecule has 0 atom stereocenters. The number of carbonyl (C=O) groups is 1. The molecule has 0 saturated heterocycles. The van der Waals surface area contributed by atoms with Crippen LogP contribution < -0.4 is 4.72 Å². The van der Waals surface area contributed by atoms with Gasteiger partial charge < -0.3 is 5.11 Å². The van der Waals surface area contributed by atoms with Gasteiger partial charge in [0, 0.05) is 0 Å². The van der Waals surface area contributed by atoms with Gasteiger partial charge >= 0.3 is 0 Å². The Morgan fingerprint density at radius 1 is 1.07 bits per heavy atom. The average molecular weight is 422 g/mol. The highest BCUT2D eigenvalue weighted by molar-refractivity contribution is 7.98. The van der Waals surface area contributed by atoms with Crippen molar-refractivity contribution in [1.82, 2.24) is 4.72 Å². The predicted molar refractivity (Wildman–Crippen MR) is 114 cm³/mol. The summed E-state index contributed by atoms with van der Waals surface area (Å²) in [5.41, 5.74) is 1.77. The first-order chi connectivity index (χ1) is 13.4. The Bertz CT molecular complexity index is 860. The normalized spacial score (nSPS) is 12.0. The van der Waals surface area contributed by atoms with E-state index in [9.17, 15) is 18.7 Å². The van der Waals surface area contributed by atoms with E-state index in [4.69, 9.17) is 0 Å². The molecule has 0 fully saturated rings. The molecule has 3 nitrogen and oxygen atoms in total. The lowest BCUT2D eigenvalue weighted by atomic mass is 9.87. The summed E-state index contributed by atoms with van der Waals surface area (Å²) in [5.74, 6) is -0.945. The van der Waals surface area contributed by atoms with Gasteiger partial charge in [0.25, 0.3) is 0 Å². The molecule has 0 aliphatic heterocycles. The maximum absolute atomic E-state index is 14.3. The second-order valence-electron chi connectivity index (χ2n) is 8.38. The minimum absolute atomic E-state index is 0.0745. The number of carbonyl (C=O) groups excluding carboxylic acids is 1. The molecule has 0 radical (unpaired) electrons. The van der Waals surface area contributed by atoms with E-state index in [2.05, 4.69) is 4.72 Å². The van der Waals surface area contributed by atoms with Crippen LogP contribution in [0.5, 0.6) is 0 Å². The number of benzene rings is 2. The van der Waals surface area contributed by atoms with E-state index < -0.39 is 11.4 Å². The van der Waals surface area contributed by atoms with Gasteiger partial charge in [0.15, 0.2) is 0 Å². The Kier molecular flexibility index (Phi) is 7.46. The fourth-order valence-corrected chi connectivity index (χ4v) is 3.78. The third-order valence-electron chi connectivity index (χ3n) is 4.78. The first-order valence-electron chi connectivity index (χ1n) is 9.70. The Morgan fingerprint density at radius 3 is 2.07 bits per heavy atom. The summed E-state index contributed by atoms with van der Waals surface area (Å²) in [6.07, 6.45) is 0.0949. The summed E-state index contributed by atoms with van der Waals surface area (Å²) in [5, 5.41) is 9.98. The van der Waals surface area contributed by atoms with Crippen LogP contribution in [-0.2, 0) is 16.8 Å². The number of rotatable bonds is 7. The smallest absolute Gasteiger partial charge is 0.234 e. The highest BCUT2D eigenvalue weighted by atomic mass is 32.2. The number of amides is 1. The molecule has 0 unspecified atom stereocenters. The van der Waals surface area contributed by atoms with Crippen LogP contribution in [0.4, 0.5) is 8.78 Å². The van der Waals surface area contributed by atoms with Crippen LogP contribution in [-0.4, -0.2) is 11.0 Å². The molecule has 0 bridgehead atoms. The van der Waals surface area contributed by atoms with E-state index in [0.717, 1.165) is 28.6 Å². The topological polar surface area (TPSA) is 49.3 Å². The quantitative estimate of drug-likeness (QED) is 0.555. The molecule has 2 rings (SSSR count). The Labute approximate surface area is 176 Å². The summed E-state index contributed by atoms with van der Waals surface area (Å²) in [7, 11) is 0. The van der Waals surface area contributed by atoms with Crippen LogP contribution in [0.1, 0.15) is 75.6 Å². The van der Waals surface area contributed by atoms with Gasteiger partial charge in [0.1, 0.15) is 11.6 Å². The zero-order valence-electron chi connectivity index (χ0n) is 17.8. The second-order valence-corrected chi connectivity index (χ2v) is 9.23. The fourth-order valence-electron chi connectivity index (χ4n) is 3.19. The zero-order valence-corrected chi connectivity index (χ0v) is 18.6. The number of hydrogen-bond donors (Lipinski definition) is 2. The molecule has 0 saturated carbocycles. The molecule has 2 N–H and O–H groups in total. The highest BCUT2D eigenvalue weighted by Gasteiger charge is 2.20. The molecule has 2 aromatic rings. The van der Waals surface area contributed by atoms with Crippen molar-refractivity contribution in [2.75, 3.05) is 0 Å². The van der Waals surface area contributed by atoms with E-state index in [-0.39, 0.29) is 34.9 Å². The van der Waals surface area contributed by atoms with Crippen molar-refractivity contribution in [1.29, 1.82) is 0 Å². The molecule has 2 aromatic carbocycles. The number of hydrogen-bond acceptors (Lipinski definition) is 3. The molecule has 0 heterocycles. The molecule has 1 amide bonds. The van der Waals surface area contributed by atoms with Gasteiger partial charge in [-0.2, -0.15) is 0 Å². The minimum Gasteiger partial charge on any atom is -0.386 e. The van der Waals surface area contributed by atoms with E-state index in [1.165, 1.54) is 24.3 Å². The summed E-state index contributed by atoms with van der Waals surface area (Å²) in [4.78, 5) is 12.8. The molecule has 0 aliphatic carbocycles. The minimum atomic E-state index is -1.14. The van der Waals surface area contributed by atoms with Gasteiger partial charge in [-0.15, -0.1) is 0 Å². The maximum Gasteiger partial charge on any atom is 0.234 e. The van der Waals surface area contributed by atoms with Gasteiger partial charge in [-0.25, -0.2) is 8.78 Å². The maximum atomic E-state index is 14.3. The van der Waals surface area contributed by atoms with Gasteiger partial charge in [-0.05, 0) is 84.2 Å². The number of aliphatic hydroxyl groups is 1. The first-order valence-corrected chi connectivity index (χ1v) is 10.5. The molecule has 0 aliphatic rings. The average Bonchev–Trinajstić information content (AvgIpc) is 2.60. The molecule has 29 heavy (non-hydrogen) atoms. The molecule has 6 heteroatoms. The van der Waals surface area contributed by atoms with E-state index >= 15 is 0 Å². The molecule has 0 spiro atoms. The van der Waals surface area contributed by atoms with Crippen LogP contribution in [0.25, 0.3) is 0 Å². The Hall–Kier alpha value is -1.92. The van der Waals surface area contributed by atoms with Gasteiger partial charge in [-0.3, -0.25) is 9.52 Å². The van der Waals surface area contributed by atoms with E-state index in [0.29, 0.717) is 5.56 Å². The van der Waals surface area contributed by atoms with Crippen molar-refractivity contribution in [2.45, 2.75) is 70.3 Å². The lowest BCUT2D eigenvalue weighted by Crippen LogP contribution is -2.21. The summed E-state index contributed by atoms with van der Waals surface area (Å²) < 4.78 is 31.0. The van der Waals surface area contributed by atoms with Crippen molar-refractivity contribution in [3.8, 4) is 0 Å². The fraction of sp³-hybridized carbons (Fsp3) is 0.435. The zero-order chi connectivity index (χ0) is 21.9. The number of nitrogens with one attached hydrogen (secondary N) is 1. The second kappa shape index (κ2) is 9.26. The summed E-state index contributed by atoms with van der Waals surface area (Å²) >= 11 is 0.895. The number of halogens is 2.